The fourth-order valence-corrected chi connectivity index (χ4v) is 1.76. The molecule has 0 aliphatic rings. The smallest absolute Gasteiger partial charge is 0.310 e. The van der Waals surface area contributed by atoms with Gasteiger partial charge in [-0.2, -0.15) is 0 Å². The van der Waals surface area contributed by atoms with E-state index in [1.807, 2.05) is 6.92 Å². The van der Waals surface area contributed by atoms with Crippen LogP contribution >= 0.6 is 0 Å². The van der Waals surface area contributed by atoms with Crippen LogP contribution in [-0.2, 0) is 26.3 Å². The van der Waals surface area contributed by atoms with E-state index in [9.17, 15) is 9.59 Å². The first kappa shape index (κ1) is 16.2. The Bertz CT molecular complexity index is 537. The number of esters is 1. The molecule has 0 fully saturated rings. The summed E-state index contributed by atoms with van der Waals surface area (Å²) in [5.74, 6) is -0.164. The summed E-state index contributed by atoms with van der Waals surface area (Å²) in [7, 11) is 0. The highest BCUT2D eigenvalue weighted by molar-refractivity contribution is 5.74. The summed E-state index contributed by atoms with van der Waals surface area (Å²) in [6, 6.07) is 0. The lowest BCUT2D eigenvalue weighted by Gasteiger charge is -2.23. The highest BCUT2D eigenvalue weighted by Crippen LogP contribution is 2.21. The zero-order chi connectivity index (χ0) is 15.3. The molecule has 0 aromatic carbocycles. The zero-order valence-corrected chi connectivity index (χ0v) is 12.3. The Balaban J connectivity index is 3.09. The van der Waals surface area contributed by atoms with Crippen LogP contribution in [-0.4, -0.2) is 29.2 Å². The van der Waals surface area contributed by atoms with Gasteiger partial charge in [-0.1, -0.05) is 0 Å². The van der Waals surface area contributed by atoms with Gasteiger partial charge in [-0.3, -0.25) is 9.59 Å². The molecule has 112 valence electrons. The molecule has 3 N–H and O–H groups in total. The van der Waals surface area contributed by atoms with Crippen molar-refractivity contribution in [3.8, 4) is 0 Å². The van der Waals surface area contributed by atoms with E-state index in [0.29, 0.717) is 12.4 Å². The minimum atomic E-state index is -0.759. The lowest BCUT2D eigenvalue weighted by atomic mass is 10.1. The molecule has 0 aliphatic heterocycles. The number of aromatic nitrogens is 2. The second kappa shape index (κ2) is 6.51. The third kappa shape index (κ3) is 3.80. The van der Waals surface area contributed by atoms with E-state index in [1.54, 1.807) is 20.8 Å². The van der Waals surface area contributed by atoms with Gasteiger partial charge in [0, 0.05) is 6.61 Å². The van der Waals surface area contributed by atoms with Gasteiger partial charge in [0.25, 0.3) is 5.56 Å². The number of hydrogen-bond acceptors (Lipinski definition) is 6. The van der Waals surface area contributed by atoms with Crippen molar-refractivity contribution in [1.82, 2.24) is 9.97 Å². The fraction of sp³-hybridized carbons (Fsp3) is 0.615. The van der Waals surface area contributed by atoms with Gasteiger partial charge >= 0.3 is 5.97 Å². The molecule has 0 amide bonds. The van der Waals surface area contributed by atoms with Gasteiger partial charge in [0.2, 0.25) is 0 Å². The number of anilines is 1. The molecule has 7 heteroatoms. The van der Waals surface area contributed by atoms with Crippen molar-refractivity contribution >= 4 is 11.8 Å². The molecule has 1 rings (SSSR count). The summed E-state index contributed by atoms with van der Waals surface area (Å²) in [6.45, 7) is 7.81. The van der Waals surface area contributed by atoms with Crippen molar-refractivity contribution in [3.05, 3.63) is 21.7 Å². The zero-order valence-electron chi connectivity index (χ0n) is 12.3. The predicted molar refractivity (Wildman–Crippen MR) is 74.3 cm³/mol. The average molecular weight is 283 g/mol. The Kier molecular flexibility index (Phi) is 5.26. The molecular formula is C13H21N3O4. The average Bonchev–Trinajstić information content (AvgIpc) is 2.33. The van der Waals surface area contributed by atoms with E-state index < -0.39 is 17.1 Å². The van der Waals surface area contributed by atoms with Crippen LogP contribution in [0.3, 0.4) is 0 Å². The van der Waals surface area contributed by atoms with E-state index in [0.717, 1.165) is 0 Å². The van der Waals surface area contributed by atoms with Crippen molar-refractivity contribution in [2.75, 3.05) is 18.9 Å². The Labute approximate surface area is 117 Å². The molecule has 1 aromatic rings. The van der Waals surface area contributed by atoms with E-state index in [2.05, 4.69) is 9.97 Å². The summed E-state index contributed by atoms with van der Waals surface area (Å²) < 4.78 is 10.3. The summed E-state index contributed by atoms with van der Waals surface area (Å²) in [5, 5.41) is 0. The second-order valence-corrected chi connectivity index (χ2v) is 4.70. The van der Waals surface area contributed by atoms with Crippen molar-refractivity contribution in [2.24, 2.45) is 0 Å². The first-order chi connectivity index (χ1) is 9.31. The lowest BCUT2D eigenvalue weighted by molar-refractivity contribution is -0.142. The normalized spacial score (nSPS) is 11.4. The lowest BCUT2D eigenvalue weighted by Crippen LogP contribution is -2.31. The topological polar surface area (TPSA) is 107 Å². The Hall–Kier alpha value is -1.89. The number of nitrogens with two attached hydrogens (primary N) is 1. The molecule has 0 atom stereocenters. The Morgan fingerprint density at radius 3 is 2.50 bits per heavy atom. The molecule has 1 aromatic heterocycles. The van der Waals surface area contributed by atoms with Crippen LogP contribution in [0.1, 0.15) is 39.1 Å². The number of nitrogens with zero attached hydrogens (tertiary/aromatic N) is 1. The number of rotatable bonds is 6. The highest BCUT2D eigenvalue weighted by atomic mass is 16.5. The summed E-state index contributed by atoms with van der Waals surface area (Å²) >= 11 is 0. The van der Waals surface area contributed by atoms with E-state index in [1.165, 1.54) is 0 Å². The van der Waals surface area contributed by atoms with Crippen LogP contribution in [0.15, 0.2) is 4.79 Å². The highest BCUT2D eigenvalue weighted by Gasteiger charge is 2.25. The van der Waals surface area contributed by atoms with Gasteiger partial charge in [-0.05, 0) is 27.7 Å². The summed E-state index contributed by atoms with van der Waals surface area (Å²) in [5.41, 5.74) is 4.67. The first-order valence-electron chi connectivity index (χ1n) is 6.50. The van der Waals surface area contributed by atoms with Gasteiger partial charge in [-0.25, -0.2) is 4.98 Å². The Morgan fingerprint density at radius 1 is 1.35 bits per heavy atom. The maximum Gasteiger partial charge on any atom is 0.310 e. The van der Waals surface area contributed by atoms with Crippen LogP contribution < -0.4 is 11.3 Å². The molecule has 0 radical (unpaired) electrons. The number of H-pyrrole nitrogens is 1. The van der Waals surface area contributed by atoms with Crippen LogP contribution in [0.2, 0.25) is 0 Å². The standard InChI is InChI=1S/C13H21N3O4/c1-5-19-9(17)7-8-10(14)15-12(16-11(8)18)13(3,4)20-6-2/h5-7H2,1-4H3,(H3,14,15,16,18). The maximum atomic E-state index is 12.0. The minimum absolute atomic E-state index is 0.0181. The number of nitrogens with one attached hydrogen (secondary N) is 1. The number of carbonyl (C=O) groups is 1. The van der Waals surface area contributed by atoms with Gasteiger partial charge in [-0.15, -0.1) is 0 Å². The third-order valence-corrected chi connectivity index (χ3v) is 2.75. The van der Waals surface area contributed by atoms with Crippen LogP contribution in [0.4, 0.5) is 5.82 Å². The molecule has 0 saturated carbocycles. The van der Waals surface area contributed by atoms with Crippen molar-refractivity contribution in [3.63, 3.8) is 0 Å². The molecule has 0 aliphatic carbocycles. The molecule has 0 bridgehead atoms. The maximum absolute atomic E-state index is 12.0. The van der Waals surface area contributed by atoms with E-state index in [4.69, 9.17) is 15.2 Å². The van der Waals surface area contributed by atoms with Gasteiger partial charge in [0.05, 0.1) is 18.6 Å². The number of aromatic amines is 1. The predicted octanol–water partition coefficient (Wildman–Crippen LogP) is 0.729. The van der Waals surface area contributed by atoms with Crippen LogP contribution in [0, 0.1) is 0 Å². The van der Waals surface area contributed by atoms with Crippen LogP contribution in [0.5, 0.6) is 0 Å². The van der Waals surface area contributed by atoms with Crippen molar-refractivity contribution in [1.29, 1.82) is 0 Å². The van der Waals surface area contributed by atoms with Gasteiger partial charge < -0.3 is 20.2 Å². The van der Waals surface area contributed by atoms with Gasteiger partial charge in [0.15, 0.2) is 0 Å². The number of carbonyl (C=O) groups excluding carboxylic acids is 1. The molecular weight excluding hydrogens is 262 g/mol. The van der Waals surface area contributed by atoms with Crippen molar-refractivity contribution < 1.29 is 14.3 Å². The van der Waals surface area contributed by atoms with E-state index in [-0.39, 0.29) is 24.4 Å². The summed E-state index contributed by atoms with van der Waals surface area (Å²) in [4.78, 5) is 30.2. The number of hydrogen-bond donors (Lipinski definition) is 2. The quantitative estimate of drug-likeness (QED) is 0.745. The fourth-order valence-electron chi connectivity index (χ4n) is 1.76. The molecule has 1 heterocycles. The first-order valence-corrected chi connectivity index (χ1v) is 6.50. The Morgan fingerprint density at radius 2 is 2.00 bits per heavy atom. The molecule has 7 nitrogen and oxygen atoms in total. The minimum Gasteiger partial charge on any atom is -0.466 e. The molecule has 0 spiro atoms. The van der Waals surface area contributed by atoms with E-state index >= 15 is 0 Å². The second-order valence-electron chi connectivity index (χ2n) is 4.70. The van der Waals surface area contributed by atoms with Crippen molar-refractivity contribution in [2.45, 2.75) is 39.7 Å². The SMILES string of the molecule is CCOC(=O)Cc1c(N)nc(C(C)(C)OCC)[nH]c1=O. The van der Waals surface area contributed by atoms with Crippen LogP contribution in [0.25, 0.3) is 0 Å². The summed E-state index contributed by atoms with van der Waals surface area (Å²) in [6.07, 6.45) is -0.197. The third-order valence-electron chi connectivity index (χ3n) is 2.75. The number of ether oxygens (including phenoxy) is 2. The molecule has 0 saturated heterocycles. The monoisotopic (exact) mass is 283 g/mol. The molecule has 20 heavy (non-hydrogen) atoms. The number of nitrogen functional groups attached to an aromatic ring is 1. The largest absolute Gasteiger partial charge is 0.466 e. The molecule has 0 unspecified atom stereocenters. The van der Waals surface area contributed by atoms with Gasteiger partial charge in [0.1, 0.15) is 17.2 Å².